The Morgan fingerprint density at radius 2 is 1.92 bits per heavy atom. The summed E-state index contributed by atoms with van der Waals surface area (Å²) in [4.78, 5) is 12.3. The number of benzene rings is 1. The number of carbonyl (C=O) groups excluding carboxylic acids is 1. The molecule has 2 atom stereocenters. The van der Waals surface area contributed by atoms with Gasteiger partial charge in [-0.1, -0.05) is 6.42 Å². The minimum Gasteiger partial charge on any atom is -0.490 e. The van der Waals surface area contributed by atoms with Crippen LogP contribution < -0.4 is 20.5 Å². The van der Waals surface area contributed by atoms with E-state index >= 15 is 0 Å². The molecule has 1 saturated carbocycles. The Morgan fingerprint density at radius 3 is 2.69 bits per heavy atom. The Bertz CT molecular complexity index is 750. The van der Waals surface area contributed by atoms with Gasteiger partial charge >= 0.3 is 0 Å². The smallest absolute Gasteiger partial charge is 0.221 e. The van der Waals surface area contributed by atoms with E-state index in [0.29, 0.717) is 31.3 Å². The Balaban J connectivity index is 1.60. The fraction of sp³-hybridized carbons (Fsp3) is 0.611. The lowest BCUT2D eigenvalue weighted by Gasteiger charge is -2.19. The van der Waals surface area contributed by atoms with E-state index in [9.17, 15) is 13.2 Å². The summed E-state index contributed by atoms with van der Waals surface area (Å²) in [5, 5.41) is 2.93. The van der Waals surface area contributed by atoms with Gasteiger partial charge in [-0.05, 0) is 37.4 Å². The third kappa shape index (κ3) is 4.48. The van der Waals surface area contributed by atoms with Gasteiger partial charge in [0, 0.05) is 24.9 Å². The standard InChI is InChI=1S/C18H26N2O5S/c19-12-13-3-1-4-15(13)20-18(21)7-10-26(22,23)14-5-6-16-17(11-14)25-9-2-8-24-16/h5-6,11,13,15H,1-4,7-10,12,19H2,(H,20,21). The van der Waals surface area contributed by atoms with Crippen LogP contribution in [-0.4, -0.2) is 45.9 Å². The van der Waals surface area contributed by atoms with Crippen LogP contribution in [0, 0.1) is 5.92 Å². The molecule has 8 heteroatoms. The lowest BCUT2D eigenvalue weighted by atomic mass is 10.0. The van der Waals surface area contributed by atoms with Crippen LogP contribution in [0.4, 0.5) is 0 Å². The van der Waals surface area contributed by atoms with Crippen molar-refractivity contribution in [1.82, 2.24) is 5.32 Å². The fourth-order valence-corrected chi connectivity index (χ4v) is 4.72. The Morgan fingerprint density at radius 1 is 1.15 bits per heavy atom. The van der Waals surface area contributed by atoms with Crippen LogP contribution in [0.3, 0.4) is 0 Å². The molecule has 1 heterocycles. The summed E-state index contributed by atoms with van der Waals surface area (Å²) in [5.74, 6) is 0.793. The lowest BCUT2D eigenvalue weighted by molar-refractivity contribution is -0.121. The van der Waals surface area contributed by atoms with Crippen molar-refractivity contribution in [2.24, 2.45) is 11.7 Å². The average molecular weight is 382 g/mol. The zero-order valence-corrected chi connectivity index (χ0v) is 15.6. The highest BCUT2D eigenvalue weighted by Gasteiger charge is 2.28. The van der Waals surface area contributed by atoms with Gasteiger partial charge in [0.15, 0.2) is 21.3 Å². The first-order valence-corrected chi connectivity index (χ1v) is 10.8. The number of carbonyl (C=O) groups is 1. The zero-order chi connectivity index (χ0) is 18.6. The van der Waals surface area contributed by atoms with Crippen LogP contribution in [0.25, 0.3) is 0 Å². The van der Waals surface area contributed by atoms with E-state index in [4.69, 9.17) is 15.2 Å². The van der Waals surface area contributed by atoms with Crippen LogP contribution in [0.1, 0.15) is 32.1 Å². The Kier molecular flexibility index (Phi) is 6.03. The van der Waals surface area contributed by atoms with Crippen LogP contribution in [0.5, 0.6) is 11.5 Å². The molecule has 1 aliphatic heterocycles. The predicted molar refractivity (Wildman–Crippen MR) is 97.0 cm³/mol. The quantitative estimate of drug-likeness (QED) is 0.767. The first kappa shape index (κ1) is 19.0. The summed E-state index contributed by atoms with van der Waals surface area (Å²) in [5.41, 5.74) is 5.72. The summed E-state index contributed by atoms with van der Waals surface area (Å²) in [6.45, 7) is 1.58. The molecule has 1 amide bonds. The number of ether oxygens (including phenoxy) is 2. The second-order valence-electron chi connectivity index (χ2n) is 6.83. The first-order chi connectivity index (χ1) is 12.5. The molecule has 0 bridgehead atoms. The maximum atomic E-state index is 12.6. The second kappa shape index (κ2) is 8.26. The molecule has 7 nitrogen and oxygen atoms in total. The van der Waals surface area contributed by atoms with Gasteiger partial charge in [-0.2, -0.15) is 0 Å². The monoisotopic (exact) mass is 382 g/mol. The number of hydrogen-bond acceptors (Lipinski definition) is 6. The van der Waals surface area contributed by atoms with Gasteiger partial charge in [-0.25, -0.2) is 8.42 Å². The zero-order valence-electron chi connectivity index (χ0n) is 14.8. The molecule has 3 N–H and O–H groups in total. The molecular weight excluding hydrogens is 356 g/mol. The Labute approximate surface area is 154 Å². The molecule has 1 fully saturated rings. The van der Waals surface area contributed by atoms with Gasteiger partial charge < -0.3 is 20.5 Å². The summed E-state index contributed by atoms with van der Waals surface area (Å²) in [7, 11) is -3.57. The normalized spacial score (nSPS) is 22.7. The highest BCUT2D eigenvalue weighted by Crippen LogP contribution is 2.32. The maximum Gasteiger partial charge on any atom is 0.221 e. The third-order valence-electron chi connectivity index (χ3n) is 4.98. The van der Waals surface area contributed by atoms with Gasteiger partial charge in [0.2, 0.25) is 5.91 Å². The molecular formula is C18H26N2O5S. The molecule has 0 aromatic heterocycles. The number of sulfone groups is 1. The highest BCUT2D eigenvalue weighted by atomic mass is 32.2. The number of fused-ring (bicyclic) bond motifs is 1. The predicted octanol–water partition coefficient (Wildman–Crippen LogP) is 1.26. The Hall–Kier alpha value is -1.80. The van der Waals surface area contributed by atoms with E-state index in [0.717, 1.165) is 25.7 Å². The topological polar surface area (TPSA) is 108 Å². The molecule has 2 aliphatic rings. The molecule has 0 radical (unpaired) electrons. The van der Waals surface area contributed by atoms with Gasteiger partial charge in [0.25, 0.3) is 0 Å². The van der Waals surface area contributed by atoms with Crippen molar-refractivity contribution in [1.29, 1.82) is 0 Å². The summed E-state index contributed by atoms with van der Waals surface area (Å²) in [6.07, 6.45) is 3.65. The van der Waals surface area contributed by atoms with Crippen molar-refractivity contribution in [3.05, 3.63) is 18.2 Å². The number of amides is 1. The number of hydrogen-bond donors (Lipinski definition) is 2. The van der Waals surface area contributed by atoms with E-state index < -0.39 is 9.84 Å². The SMILES string of the molecule is NCC1CCCC1NC(=O)CCS(=O)(=O)c1ccc2c(c1)OCCCO2. The summed E-state index contributed by atoms with van der Waals surface area (Å²) in [6, 6.07) is 4.66. The van der Waals surface area contributed by atoms with Crippen molar-refractivity contribution in [2.75, 3.05) is 25.5 Å². The summed E-state index contributed by atoms with van der Waals surface area (Å²) >= 11 is 0. The van der Waals surface area contributed by atoms with Crippen LogP contribution >= 0.6 is 0 Å². The maximum absolute atomic E-state index is 12.6. The van der Waals surface area contributed by atoms with E-state index in [1.165, 1.54) is 12.1 Å². The number of nitrogens with one attached hydrogen (secondary N) is 1. The fourth-order valence-electron chi connectivity index (χ4n) is 3.47. The van der Waals surface area contributed by atoms with E-state index in [1.807, 2.05) is 0 Å². The number of rotatable bonds is 6. The van der Waals surface area contributed by atoms with Gasteiger partial charge in [-0.15, -0.1) is 0 Å². The lowest BCUT2D eigenvalue weighted by Crippen LogP contribution is -2.40. The minimum atomic E-state index is -3.57. The second-order valence-corrected chi connectivity index (χ2v) is 8.94. The van der Waals surface area contributed by atoms with Crippen LogP contribution in [0.2, 0.25) is 0 Å². The van der Waals surface area contributed by atoms with Crippen molar-refractivity contribution in [2.45, 2.75) is 43.0 Å². The minimum absolute atomic E-state index is 0.0632. The van der Waals surface area contributed by atoms with Crippen molar-refractivity contribution in [3.8, 4) is 11.5 Å². The third-order valence-corrected chi connectivity index (χ3v) is 6.70. The average Bonchev–Trinajstić information content (AvgIpc) is 2.94. The molecule has 3 rings (SSSR count). The van der Waals surface area contributed by atoms with Gasteiger partial charge in [0.1, 0.15) is 0 Å². The van der Waals surface area contributed by atoms with E-state index in [-0.39, 0.29) is 34.9 Å². The highest BCUT2D eigenvalue weighted by molar-refractivity contribution is 7.91. The van der Waals surface area contributed by atoms with Crippen molar-refractivity contribution in [3.63, 3.8) is 0 Å². The molecule has 26 heavy (non-hydrogen) atoms. The first-order valence-electron chi connectivity index (χ1n) is 9.11. The van der Waals surface area contributed by atoms with Crippen molar-refractivity contribution >= 4 is 15.7 Å². The van der Waals surface area contributed by atoms with Gasteiger partial charge in [-0.3, -0.25) is 4.79 Å². The van der Waals surface area contributed by atoms with Crippen LogP contribution in [-0.2, 0) is 14.6 Å². The van der Waals surface area contributed by atoms with E-state index in [2.05, 4.69) is 5.32 Å². The molecule has 1 aromatic carbocycles. The molecule has 2 unspecified atom stereocenters. The van der Waals surface area contributed by atoms with Gasteiger partial charge in [0.05, 0.1) is 23.9 Å². The summed E-state index contributed by atoms with van der Waals surface area (Å²) < 4.78 is 36.2. The molecule has 1 aliphatic carbocycles. The van der Waals surface area contributed by atoms with Crippen molar-refractivity contribution < 1.29 is 22.7 Å². The largest absolute Gasteiger partial charge is 0.490 e. The molecule has 0 spiro atoms. The van der Waals surface area contributed by atoms with E-state index in [1.54, 1.807) is 6.07 Å². The molecule has 0 saturated heterocycles. The molecule has 144 valence electrons. The van der Waals surface area contributed by atoms with Crippen LogP contribution in [0.15, 0.2) is 23.1 Å². The molecule has 1 aromatic rings. The number of nitrogens with two attached hydrogens (primary N) is 1.